The third-order valence-electron chi connectivity index (χ3n) is 2.91. The predicted octanol–water partition coefficient (Wildman–Crippen LogP) is 1.89. The highest BCUT2D eigenvalue weighted by Gasteiger charge is 2.12. The third kappa shape index (κ3) is 3.14. The van der Waals surface area contributed by atoms with Crippen LogP contribution in [0, 0.1) is 0 Å². The summed E-state index contributed by atoms with van der Waals surface area (Å²) >= 11 is 1.29. The lowest BCUT2D eigenvalue weighted by atomic mass is 10.1. The Kier molecular flexibility index (Phi) is 3.91. The number of rotatable bonds is 2. The molecule has 2 N–H and O–H groups in total. The van der Waals surface area contributed by atoms with E-state index in [1.165, 1.54) is 56.7 Å². The lowest BCUT2D eigenvalue weighted by Gasteiger charge is -2.23. The number of hydrogen-bond donors (Lipinski definition) is 1. The van der Waals surface area contributed by atoms with Gasteiger partial charge in [-0.1, -0.05) is 23.8 Å². The SMILES string of the molecule is Nc1snnc1CN1CCCCCCC1. The molecule has 0 saturated carbocycles. The van der Waals surface area contributed by atoms with Crippen molar-refractivity contribution < 1.29 is 0 Å². The van der Waals surface area contributed by atoms with Gasteiger partial charge in [0, 0.05) is 18.1 Å². The van der Waals surface area contributed by atoms with Crippen LogP contribution in [0.15, 0.2) is 0 Å². The zero-order valence-electron chi connectivity index (χ0n) is 8.98. The van der Waals surface area contributed by atoms with Gasteiger partial charge in [-0.15, -0.1) is 5.10 Å². The van der Waals surface area contributed by atoms with E-state index in [0.717, 1.165) is 17.2 Å². The van der Waals surface area contributed by atoms with Crippen LogP contribution in [0.1, 0.15) is 37.8 Å². The molecule has 1 aliphatic heterocycles. The van der Waals surface area contributed by atoms with Crippen LogP contribution in [0.4, 0.5) is 5.00 Å². The van der Waals surface area contributed by atoms with Crippen molar-refractivity contribution in [2.24, 2.45) is 0 Å². The topological polar surface area (TPSA) is 55.0 Å². The Labute approximate surface area is 94.6 Å². The van der Waals surface area contributed by atoms with Crippen molar-refractivity contribution in [3.8, 4) is 0 Å². The van der Waals surface area contributed by atoms with Crippen LogP contribution in [0.2, 0.25) is 0 Å². The van der Waals surface area contributed by atoms with E-state index in [9.17, 15) is 0 Å². The highest BCUT2D eigenvalue weighted by molar-refractivity contribution is 7.09. The van der Waals surface area contributed by atoms with Crippen molar-refractivity contribution >= 4 is 16.5 Å². The van der Waals surface area contributed by atoms with Gasteiger partial charge < -0.3 is 5.73 Å². The largest absolute Gasteiger partial charge is 0.388 e. The Morgan fingerprint density at radius 2 is 1.80 bits per heavy atom. The van der Waals surface area contributed by atoms with Crippen LogP contribution in [0.25, 0.3) is 0 Å². The Morgan fingerprint density at radius 1 is 1.13 bits per heavy atom. The molecular formula is C10H18N4S. The molecule has 2 heterocycles. The fourth-order valence-electron chi connectivity index (χ4n) is 2.01. The summed E-state index contributed by atoms with van der Waals surface area (Å²) in [4.78, 5) is 2.45. The van der Waals surface area contributed by atoms with Gasteiger partial charge in [0.05, 0.1) is 0 Å². The Hall–Kier alpha value is -0.680. The number of anilines is 1. The highest BCUT2D eigenvalue weighted by Crippen LogP contribution is 2.17. The van der Waals surface area contributed by atoms with Crippen LogP contribution >= 0.6 is 11.5 Å². The van der Waals surface area contributed by atoms with E-state index in [0.29, 0.717) is 0 Å². The molecule has 4 nitrogen and oxygen atoms in total. The molecule has 1 aromatic rings. The molecule has 84 valence electrons. The molecule has 0 unspecified atom stereocenters. The summed E-state index contributed by atoms with van der Waals surface area (Å²) < 4.78 is 3.87. The molecule has 0 bridgehead atoms. The maximum absolute atomic E-state index is 5.79. The van der Waals surface area contributed by atoms with Crippen LogP contribution in [-0.2, 0) is 6.54 Å². The maximum Gasteiger partial charge on any atom is 0.132 e. The lowest BCUT2D eigenvalue weighted by Crippen LogP contribution is -2.27. The van der Waals surface area contributed by atoms with E-state index < -0.39 is 0 Å². The summed E-state index contributed by atoms with van der Waals surface area (Å²) in [6.07, 6.45) is 6.73. The minimum atomic E-state index is 0.775. The highest BCUT2D eigenvalue weighted by atomic mass is 32.1. The molecule has 1 aliphatic rings. The number of likely N-dealkylation sites (tertiary alicyclic amines) is 1. The van der Waals surface area contributed by atoms with E-state index in [1.807, 2.05) is 0 Å². The smallest absolute Gasteiger partial charge is 0.132 e. The minimum absolute atomic E-state index is 0.775. The third-order valence-corrected chi connectivity index (χ3v) is 3.50. The van der Waals surface area contributed by atoms with Crippen molar-refractivity contribution in [2.45, 2.75) is 38.6 Å². The van der Waals surface area contributed by atoms with Gasteiger partial charge >= 0.3 is 0 Å². The van der Waals surface area contributed by atoms with Crippen molar-refractivity contribution in [3.05, 3.63) is 5.69 Å². The molecule has 15 heavy (non-hydrogen) atoms. The van der Waals surface area contributed by atoms with Crippen molar-refractivity contribution in [2.75, 3.05) is 18.8 Å². The summed E-state index contributed by atoms with van der Waals surface area (Å²) in [5.41, 5.74) is 6.75. The second-order valence-electron chi connectivity index (χ2n) is 4.13. The summed E-state index contributed by atoms with van der Waals surface area (Å²) in [5, 5.41) is 4.84. The van der Waals surface area contributed by atoms with Gasteiger partial charge in [0.15, 0.2) is 0 Å². The summed E-state index contributed by atoms with van der Waals surface area (Å²) in [5.74, 6) is 0. The first-order chi connectivity index (χ1) is 7.36. The number of nitrogens with two attached hydrogens (primary N) is 1. The lowest BCUT2D eigenvalue weighted by molar-refractivity contribution is 0.237. The van der Waals surface area contributed by atoms with Crippen molar-refractivity contribution in [3.63, 3.8) is 0 Å². The molecule has 0 radical (unpaired) electrons. The zero-order chi connectivity index (χ0) is 10.5. The Balaban J connectivity index is 1.89. The molecule has 0 atom stereocenters. The molecule has 1 fully saturated rings. The van der Waals surface area contributed by atoms with Crippen molar-refractivity contribution in [1.29, 1.82) is 0 Å². The Morgan fingerprint density at radius 3 is 2.40 bits per heavy atom. The predicted molar refractivity (Wildman–Crippen MR) is 62.7 cm³/mol. The van der Waals surface area contributed by atoms with Crippen LogP contribution in [0.3, 0.4) is 0 Å². The van der Waals surface area contributed by atoms with Crippen LogP contribution < -0.4 is 5.73 Å². The van der Waals surface area contributed by atoms with E-state index in [2.05, 4.69) is 14.5 Å². The van der Waals surface area contributed by atoms with E-state index in [1.54, 1.807) is 0 Å². The fraction of sp³-hybridized carbons (Fsp3) is 0.800. The normalized spacial score (nSPS) is 19.7. The molecule has 0 amide bonds. The van der Waals surface area contributed by atoms with E-state index in [4.69, 9.17) is 5.73 Å². The molecule has 5 heteroatoms. The molecular weight excluding hydrogens is 208 g/mol. The van der Waals surface area contributed by atoms with E-state index in [-0.39, 0.29) is 0 Å². The van der Waals surface area contributed by atoms with Crippen LogP contribution in [0.5, 0.6) is 0 Å². The van der Waals surface area contributed by atoms with Gasteiger partial charge in [-0.25, -0.2) is 0 Å². The van der Waals surface area contributed by atoms with Gasteiger partial charge in [0.1, 0.15) is 10.7 Å². The van der Waals surface area contributed by atoms with Gasteiger partial charge in [-0.05, 0) is 25.9 Å². The number of aromatic nitrogens is 2. The number of nitrogens with zero attached hydrogens (tertiary/aromatic N) is 3. The Bertz CT molecular complexity index is 291. The molecule has 1 aromatic heterocycles. The maximum atomic E-state index is 5.79. The first kappa shape index (κ1) is 10.8. The first-order valence-corrected chi connectivity index (χ1v) is 6.42. The van der Waals surface area contributed by atoms with Gasteiger partial charge in [0.2, 0.25) is 0 Å². The standard InChI is InChI=1S/C10H18N4S/c11-10-9(12-13-15-10)8-14-6-4-2-1-3-5-7-14/h1-8,11H2. The summed E-state index contributed by atoms with van der Waals surface area (Å²) in [6.45, 7) is 3.23. The molecule has 0 aliphatic carbocycles. The number of hydrogen-bond acceptors (Lipinski definition) is 5. The average Bonchev–Trinajstić information content (AvgIpc) is 2.56. The van der Waals surface area contributed by atoms with Crippen molar-refractivity contribution in [1.82, 2.24) is 14.5 Å². The minimum Gasteiger partial charge on any atom is -0.388 e. The van der Waals surface area contributed by atoms with Gasteiger partial charge in [-0.2, -0.15) is 0 Å². The second kappa shape index (κ2) is 5.42. The summed E-state index contributed by atoms with van der Waals surface area (Å²) in [7, 11) is 0. The molecule has 2 rings (SSSR count). The average molecular weight is 226 g/mol. The fourth-order valence-corrected chi connectivity index (χ4v) is 2.45. The molecule has 1 saturated heterocycles. The van der Waals surface area contributed by atoms with Crippen LogP contribution in [-0.4, -0.2) is 27.6 Å². The second-order valence-corrected chi connectivity index (χ2v) is 4.91. The molecule has 0 spiro atoms. The zero-order valence-corrected chi connectivity index (χ0v) is 9.80. The monoisotopic (exact) mass is 226 g/mol. The first-order valence-electron chi connectivity index (χ1n) is 5.65. The van der Waals surface area contributed by atoms with Gasteiger partial charge in [0.25, 0.3) is 0 Å². The number of nitrogen functional groups attached to an aromatic ring is 1. The quantitative estimate of drug-likeness (QED) is 0.836. The van der Waals surface area contributed by atoms with Gasteiger partial charge in [-0.3, -0.25) is 4.90 Å². The van der Waals surface area contributed by atoms with E-state index >= 15 is 0 Å². The summed E-state index contributed by atoms with van der Waals surface area (Å²) in [6, 6.07) is 0. The molecule has 0 aromatic carbocycles.